The molecule has 0 spiro atoms. The normalized spacial score (nSPS) is 11.2. The highest BCUT2D eigenvalue weighted by molar-refractivity contribution is 14.1. The molecule has 0 radical (unpaired) electrons. The Hall–Kier alpha value is -2.46. The van der Waals surface area contributed by atoms with Crippen LogP contribution >= 0.6 is 22.6 Å². The first-order valence-electron chi connectivity index (χ1n) is 9.22. The predicted octanol–water partition coefficient (Wildman–Crippen LogP) is 4.55. The maximum atomic E-state index is 12.8. The fourth-order valence-corrected chi connectivity index (χ4v) is 4.33. The van der Waals surface area contributed by atoms with E-state index >= 15 is 0 Å². The molecular weight excluding hydrogens is 515 g/mol. The fourth-order valence-electron chi connectivity index (χ4n) is 2.91. The van der Waals surface area contributed by atoms with E-state index in [1.165, 1.54) is 6.26 Å². The Morgan fingerprint density at radius 2 is 1.93 bits per heavy atom. The van der Waals surface area contributed by atoms with Crippen molar-refractivity contribution in [2.75, 3.05) is 18.2 Å². The molecule has 1 amide bonds. The summed E-state index contributed by atoms with van der Waals surface area (Å²) >= 11 is 2.24. The molecule has 1 aromatic heterocycles. The average Bonchev–Trinajstić information content (AvgIpc) is 2.70. The molecule has 0 fully saturated rings. The van der Waals surface area contributed by atoms with Crippen molar-refractivity contribution >= 4 is 44.0 Å². The molecule has 1 heterocycles. The number of nitrogens with zero attached hydrogens (tertiary/aromatic N) is 1. The Morgan fingerprint density at radius 1 is 1.13 bits per heavy atom. The third kappa shape index (κ3) is 5.79. The van der Waals surface area contributed by atoms with Gasteiger partial charge in [0, 0.05) is 38.4 Å². The molecule has 156 valence electrons. The lowest BCUT2D eigenvalue weighted by Gasteiger charge is -2.13. The van der Waals surface area contributed by atoms with Gasteiger partial charge in [0.15, 0.2) is 9.84 Å². The molecule has 0 unspecified atom stereocenters. The second kappa shape index (κ2) is 9.57. The Balaban J connectivity index is 1.86. The molecule has 30 heavy (non-hydrogen) atoms. The number of hydrogen-bond acceptors (Lipinski definition) is 5. The van der Waals surface area contributed by atoms with Crippen LogP contribution in [0.25, 0.3) is 11.3 Å². The Morgan fingerprint density at radius 3 is 2.60 bits per heavy atom. The van der Waals surface area contributed by atoms with E-state index in [0.717, 1.165) is 14.8 Å². The number of halogens is 1. The smallest absolute Gasteiger partial charge is 0.255 e. The summed E-state index contributed by atoms with van der Waals surface area (Å²) in [5.41, 5.74) is 3.30. The van der Waals surface area contributed by atoms with Crippen LogP contribution in [0.2, 0.25) is 0 Å². The molecule has 3 aromatic rings. The Labute approximate surface area is 189 Å². The van der Waals surface area contributed by atoms with Gasteiger partial charge in [-0.15, -0.1) is 0 Å². The monoisotopic (exact) mass is 536 g/mol. The van der Waals surface area contributed by atoms with Crippen LogP contribution in [0.15, 0.2) is 60.8 Å². The van der Waals surface area contributed by atoms with Gasteiger partial charge in [0.25, 0.3) is 5.91 Å². The largest absolute Gasteiger partial charge is 0.494 e. The highest BCUT2D eigenvalue weighted by Gasteiger charge is 2.15. The molecule has 0 saturated carbocycles. The molecule has 0 aliphatic carbocycles. The molecule has 0 atom stereocenters. The zero-order valence-electron chi connectivity index (χ0n) is 16.6. The van der Waals surface area contributed by atoms with Gasteiger partial charge in [-0.05, 0) is 72.0 Å². The minimum Gasteiger partial charge on any atom is -0.494 e. The number of anilines is 1. The summed E-state index contributed by atoms with van der Waals surface area (Å²) in [4.78, 5) is 17.2. The quantitative estimate of drug-likeness (QED) is 0.448. The van der Waals surface area contributed by atoms with Crippen LogP contribution in [0.3, 0.4) is 0 Å². The van der Waals surface area contributed by atoms with Crippen molar-refractivity contribution in [1.29, 1.82) is 0 Å². The van der Waals surface area contributed by atoms with Crippen LogP contribution in [0.1, 0.15) is 22.8 Å². The number of rotatable bonds is 7. The molecule has 0 bridgehead atoms. The van der Waals surface area contributed by atoms with E-state index in [0.29, 0.717) is 29.2 Å². The van der Waals surface area contributed by atoms with Crippen molar-refractivity contribution in [2.45, 2.75) is 12.7 Å². The zero-order valence-corrected chi connectivity index (χ0v) is 19.5. The summed E-state index contributed by atoms with van der Waals surface area (Å²) in [6, 6.07) is 16.1. The second-order valence-corrected chi connectivity index (χ2v) is 9.99. The van der Waals surface area contributed by atoms with Crippen LogP contribution in [0.5, 0.6) is 5.75 Å². The third-order valence-electron chi connectivity index (χ3n) is 4.21. The number of carbonyl (C=O) groups is 1. The number of amides is 1. The van der Waals surface area contributed by atoms with Crippen molar-refractivity contribution in [3.63, 3.8) is 0 Å². The molecule has 0 aliphatic heterocycles. The summed E-state index contributed by atoms with van der Waals surface area (Å²) in [6.07, 6.45) is 2.89. The van der Waals surface area contributed by atoms with Gasteiger partial charge in [-0.1, -0.05) is 12.1 Å². The van der Waals surface area contributed by atoms with Crippen LogP contribution in [-0.2, 0) is 15.6 Å². The maximum absolute atomic E-state index is 12.8. The first kappa shape index (κ1) is 22.2. The van der Waals surface area contributed by atoms with E-state index in [4.69, 9.17) is 4.74 Å². The maximum Gasteiger partial charge on any atom is 0.255 e. The van der Waals surface area contributed by atoms with Crippen molar-refractivity contribution in [3.05, 3.63) is 75.5 Å². The minimum absolute atomic E-state index is 0.144. The average molecular weight is 536 g/mol. The van der Waals surface area contributed by atoms with Gasteiger partial charge in [0.05, 0.1) is 18.1 Å². The summed E-state index contributed by atoms with van der Waals surface area (Å²) < 4.78 is 29.9. The van der Waals surface area contributed by atoms with E-state index in [1.807, 2.05) is 43.3 Å². The van der Waals surface area contributed by atoms with Crippen LogP contribution in [-0.4, -0.2) is 32.2 Å². The van der Waals surface area contributed by atoms with Crippen molar-refractivity contribution in [2.24, 2.45) is 0 Å². The van der Waals surface area contributed by atoms with Crippen LogP contribution in [0.4, 0.5) is 5.69 Å². The standard InChI is InChI=1S/C22H21IN2O4S/c1-3-29-21-12-15(7-8-16(21)14-30(2,27)28)22(26)25-17-9-10-19(23)18(13-17)20-6-4-5-11-24-20/h4-13H,3,14H2,1-2H3,(H,25,26). The van der Waals surface area contributed by atoms with E-state index in [2.05, 4.69) is 32.9 Å². The van der Waals surface area contributed by atoms with Crippen molar-refractivity contribution < 1.29 is 17.9 Å². The van der Waals surface area contributed by atoms with Crippen molar-refractivity contribution in [3.8, 4) is 17.0 Å². The summed E-state index contributed by atoms with van der Waals surface area (Å²) in [5, 5.41) is 2.89. The van der Waals surface area contributed by atoms with Gasteiger partial charge in [-0.2, -0.15) is 0 Å². The van der Waals surface area contributed by atoms with E-state index < -0.39 is 9.84 Å². The number of hydrogen-bond donors (Lipinski definition) is 1. The number of benzene rings is 2. The number of ether oxygens (including phenoxy) is 1. The lowest BCUT2D eigenvalue weighted by Crippen LogP contribution is -2.13. The Bertz CT molecular complexity index is 1170. The molecule has 6 nitrogen and oxygen atoms in total. The summed E-state index contributed by atoms with van der Waals surface area (Å²) in [7, 11) is -3.22. The first-order valence-corrected chi connectivity index (χ1v) is 12.4. The molecule has 0 saturated heterocycles. The molecular formula is C22H21IN2O4S. The second-order valence-electron chi connectivity index (χ2n) is 6.69. The number of aromatic nitrogens is 1. The molecule has 2 aromatic carbocycles. The SMILES string of the molecule is CCOc1cc(C(=O)Nc2ccc(I)c(-c3ccccn3)c2)ccc1CS(C)(=O)=O. The van der Waals surface area contributed by atoms with Gasteiger partial charge in [-0.3, -0.25) is 9.78 Å². The van der Waals surface area contributed by atoms with E-state index in [1.54, 1.807) is 24.4 Å². The van der Waals surface area contributed by atoms with E-state index in [-0.39, 0.29) is 11.7 Å². The highest BCUT2D eigenvalue weighted by atomic mass is 127. The molecule has 3 rings (SSSR count). The zero-order chi connectivity index (χ0) is 21.7. The lowest BCUT2D eigenvalue weighted by molar-refractivity contribution is 0.102. The highest BCUT2D eigenvalue weighted by Crippen LogP contribution is 2.28. The van der Waals surface area contributed by atoms with Gasteiger partial charge in [-0.25, -0.2) is 8.42 Å². The number of carbonyl (C=O) groups excluding carboxylic acids is 1. The molecule has 1 N–H and O–H groups in total. The van der Waals surface area contributed by atoms with Gasteiger partial charge < -0.3 is 10.1 Å². The van der Waals surface area contributed by atoms with Crippen LogP contribution in [0, 0.1) is 3.57 Å². The summed E-state index contributed by atoms with van der Waals surface area (Å²) in [5.74, 6) is -0.0585. The molecule has 0 aliphatic rings. The predicted molar refractivity (Wildman–Crippen MR) is 127 cm³/mol. The third-order valence-corrected chi connectivity index (χ3v) is 5.99. The van der Waals surface area contributed by atoms with Crippen LogP contribution < -0.4 is 10.1 Å². The number of nitrogens with one attached hydrogen (secondary N) is 1. The van der Waals surface area contributed by atoms with Crippen molar-refractivity contribution in [1.82, 2.24) is 4.98 Å². The number of pyridine rings is 1. The lowest BCUT2D eigenvalue weighted by atomic mass is 10.1. The van der Waals surface area contributed by atoms with Gasteiger partial charge in [0.2, 0.25) is 0 Å². The van der Waals surface area contributed by atoms with Gasteiger partial charge >= 0.3 is 0 Å². The fraction of sp³-hybridized carbons (Fsp3) is 0.182. The first-order chi connectivity index (χ1) is 14.3. The number of sulfone groups is 1. The molecule has 8 heteroatoms. The van der Waals surface area contributed by atoms with E-state index in [9.17, 15) is 13.2 Å². The Kier molecular flexibility index (Phi) is 7.09. The van der Waals surface area contributed by atoms with Gasteiger partial charge in [0.1, 0.15) is 5.75 Å². The topological polar surface area (TPSA) is 85.4 Å². The minimum atomic E-state index is -3.22. The summed E-state index contributed by atoms with van der Waals surface area (Å²) in [6.45, 7) is 2.17.